The van der Waals surface area contributed by atoms with E-state index in [0.29, 0.717) is 36.7 Å². The van der Waals surface area contributed by atoms with Crippen molar-refractivity contribution < 1.29 is 13.9 Å². The zero-order valence-electron chi connectivity index (χ0n) is 15.5. The number of furan rings is 1. The molecule has 0 aromatic carbocycles. The van der Waals surface area contributed by atoms with Crippen LogP contribution in [-0.4, -0.2) is 36.7 Å². The van der Waals surface area contributed by atoms with E-state index in [1.54, 1.807) is 30.7 Å². The number of aromatic amines is 1. The van der Waals surface area contributed by atoms with Crippen molar-refractivity contribution in [2.24, 2.45) is 0 Å². The van der Waals surface area contributed by atoms with Crippen LogP contribution in [0.3, 0.4) is 0 Å². The van der Waals surface area contributed by atoms with Crippen molar-refractivity contribution in [1.82, 2.24) is 30.1 Å². The lowest BCUT2D eigenvalue weighted by Gasteiger charge is -2.08. The molecule has 0 radical (unpaired) electrons. The number of rotatable bonds is 9. The molecule has 0 fully saturated rings. The summed E-state index contributed by atoms with van der Waals surface area (Å²) in [6, 6.07) is 10.9. The maximum Gasteiger partial charge on any atom is 0.323 e. The molecule has 0 saturated carbocycles. The highest BCUT2D eigenvalue weighted by Gasteiger charge is 2.11. The molecule has 0 bridgehead atoms. The first-order chi connectivity index (χ1) is 14.3. The van der Waals surface area contributed by atoms with Crippen molar-refractivity contribution in [3.63, 3.8) is 0 Å². The Morgan fingerprint density at radius 2 is 2.00 bits per heavy atom. The molecule has 0 aliphatic heterocycles. The Bertz CT molecular complexity index is 1040. The molecule has 0 unspecified atom stereocenters. The number of pyridine rings is 1. The van der Waals surface area contributed by atoms with Gasteiger partial charge in [-0.2, -0.15) is 15.0 Å². The van der Waals surface area contributed by atoms with Crippen molar-refractivity contribution in [2.75, 3.05) is 17.2 Å². The van der Waals surface area contributed by atoms with Gasteiger partial charge >= 0.3 is 6.01 Å². The summed E-state index contributed by atoms with van der Waals surface area (Å²) in [6.07, 6.45) is 3.24. The molecule has 4 rings (SSSR count). The van der Waals surface area contributed by atoms with Crippen LogP contribution in [0.15, 0.2) is 53.3 Å². The fourth-order valence-electron chi connectivity index (χ4n) is 2.32. The molecule has 3 N–H and O–H groups in total. The summed E-state index contributed by atoms with van der Waals surface area (Å²) in [4.78, 5) is 16.9. The minimum absolute atomic E-state index is 0.191. The zero-order chi connectivity index (χ0) is 19.9. The van der Waals surface area contributed by atoms with Gasteiger partial charge in [-0.25, -0.2) is 4.98 Å². The smallest absolute Gasteiger partial charge is 0.323 e. The van der Waals surface area contributed by atoms with Gasteiger partial charge < -0.3 is 24.5 Å². The number of aromatic nitrogens is 6. The molecule has 4 heterocycles. The first-order valence-electron chi connectivity index (χ1n) is 8.85. The Balaban J connectivity index is 1.47. The van der Waals surface area contributed by atoms with E-state index < -0.39 is 0 Å². The van der Waals surface area contributed by atoms with Gasteiger partial charge in [0.2, 0.25) is 23.7 Å². The van der Waals surface area contributed by atoms with Crippen molar-refractivity contribution in [1.29, 1.82) is 0 Å². The van der Waals surface area contributed by atoms with Crippen LogP contribution in [0, 0.1) is 0 Å². The lowest BCUT2D eigenvalue weighted by molar-refractivity contribution is 0.312. The van der Waals surface area contributed by atoms with E-state index in [1.165, 1.54) is 0 Å². The van der Waals surface area contributed by atoms with Gasteiger partial charge in [0.05, 0.1) is 19.4 Å². The van der Waals surface area contributed by atoms with Gasteiger partial charge in [0.15, 0.2) is 0 Å². The Morgan fingerprint density at radius 3 is 2.79 bits per heavy atom. The van der Waals surface area contributed by atoms with Crippen LogP contribution in [0.2, 0.25) is 0 Å². The van der Waals surface area contributed by atoms with Gasteiger partial charge in [-0.1, -0.05) is 6.07 Å². The van der Waals surface area contributed by atoms with E-state index in [-0.39, 0.29) is 12.0 Å². The Morgan fingerprint density at radius 1 is 1.07 bits per heavy atom. The number of H-pyrrole nitrogens is 1. The highest BCUT2D eigenvalue weighted by Crippen LogP contribution is 2.22. The second-order valence-electron chi connectivity index (χ2n) is 5.65. The first kappa shape index (κ1) is 18.2. The van der Waals surface area contributed by atoms with E-state index in [0.717, 1.165) is 5.76 Å². The molecule has 11 nitrogen and oxygen atoms in total. The maximum atomic E-state index is 5.57. The fourth-order valence-corrected chi connectivity index (χ4v) is 2.32. The second kappa shape index (κ2) is 8.69. The SMILES string of the molecule is CCOc1nc(NCc2ccco2)nc(Nc2cc(Oc3ccccn3)n[nH]2)n1. The van der Waals surface area contributed by atoms with Crippen molar-refractivity contribution in [3.8, 4) is 17.8 Å². The number of hydrogen-bond donors (Lipinski definition) is 3. The third-order valence-corrected chi connectivity index (χ3v) is 3.54. The minimum Gasteiger partial charge on any atom is -0.467 e. The average molecular weight is 394 g/mol. The summed E-state index contributed by atoms with van der Waals surface area (Å²) in [5, 5.41) is 13.0. The molecular weight excluding hydrogens is 376 g/mol. The summed E-state index contributed by atoms with van der Waals surface area (Å²) in [7, 11) is 0. The topological polar surface area (TPSA) is 136 Å². The lowest BCUT2D eigenvalue weighted by atomic mass is 10.4. The van der Waals surface area contributed by atoms with E-state index in [9.17, 15) is 0 Å². The van der Waals surface area contributed by atoms with E-state index >= 15 is 0 Å². The molecule has 148 valence electrons. The molecule has 4 aromatic rings. The van der Waals surface area contributed by atoms with Crippen molar-refractivity contribution in [2.45, 2.75) is 13.5 Å². The molecule has 0 spiro atoms. The molecule has 0 saturated heterocycles. The predicted molar refractivity (Wildman–Crippen MR) is 103 cm³/mol. The van der Waals surface area contributed by atoms with Crippen LogP contribution >= 0.6 is 0 Å². The van der Waals surface area contributed by atoms with Gasteiger partial charge in [-0.3, -0.25) is 5.10 Å². The van der Waals surface area contributed by atoms with E-state index in [2.05, 4.69) is 40.8 Å². The van der Waals surface area contributed by atoms with Crippen molar-refractivity contribution >= 4 is 17.7 Å². The van der Waals surface area contributed by atoms with Crippen molar-refractivity contribution in [3.05, 3.63) is 54.6 Å². The first-order valence-corrected chi connectivity index (χ1v) is 8.85. The molecular formula is C18H18N8O3. The highest BCUT2D eigenvalue weighted by molar-refractivity contribution is 5.51. The monoisotopic (exact) mass is 394 g/mol. The van der Waals surface area contributed by atoms with Gasteiger partial charge in [0, 0.05) is 18.3 Å². The van der Waals surface area contributed by atoms with Crippen LogP contribution in [0.5, 0.6) is 17.8 Å². The van der Waals surface area contributed by atoms with Crippen LogP contribution < -0.4 is 20.1 Å². The number of hydrogen-bond acceptors (Lipinski definition) is 10. The maximum absolute atomic E-state index is 5.57. The number of nitrogens with one attached hydrogen (secondary N) is 3. The quantitative estimate of drug-likeness (QED) is 0.388. The molecule has 4 aromatic heterocycles. The number of nitrogens with zero attached hydrogens (tertiary/aromatic N) is 5. The standard InChI is InChI=1S/C18H18N8O3/c1-2-27-18-23-16(20-11-12-6-5-9-28-12)22-17(24-18)21-13-10-15(26-25-13)29-14-7-3-4-8-19-14/h3-10H,2,11H2,1H3,(H3,20,21,22,23,24,25,26). The van der Waals surface area contributed by atoms with Gasteiger partial charge in [0.25, 0.3) is 0 Å². The molecule has 0 aliphatic carbocycles. The van der Waals surface area contributed by atoms with E-state index in [1.807, 2.05) is 25.1 Å². The third-order valence-electron chi connectivity index (χ3n) is 3.54. The largest absolute Gasteiger partial charge is 0.467 e. The van der Waals surface area contributed by atoms with Crippen LogP contribution in [-0.2, 0) is 6.54 Å². The molecule has 0 amide bonds. The van der Waals surface area contributed by atoms with Gasteiger partial charge in [0.1, 0.15) is 11.6 Å². The van der Waals surface area contributed by atoms with Gasteiger partial charge in [-0.05, 0) is 25.1 Å². The second-order valence-corrected chi connectivity index (χ2v) is 5.65. The minimum atomic E-state index is 0.191. The fraction of sp³-hybridized carbons (Fsp3) is 0.167. The van der Waals surface area contributed by atoms with Crippen LogP contribution in [0.4, 0.5) is 17.7 Å². The summed E-state index contributed by atoms with van der Waals surface area (Å²) in [6.45, 7) is 2.70. The Labute approximate surface area is 165 Å². The summed E-state index contributed by atoms with van der Waals surface area (Å²) >= 11 is 0. The molecule has 29 heavy (non-hydrogen) atoms. The zero-order valence-corrected chi connectivity index (χ0v) is 15.5. The third kappa shape index (κ3) is 4.97. The predicted octanol–water partition coefficient (Wildman–Crippen LogP) is 3.13. The molecule has 11 heteroatoms. The summed E-state index contributed by atoms with van der Waals surface area (Å²) in [5.74, 6) is 2.68. The summed E-state index contributed by atoms with van der Waals surface area (Å²) < 4.78 is 16.3. The molecule has 0 atom stereocenters. The average Bonchev–Trinajstić information content (AvgIpc) is 3.40. The molecule has 0 aliphatic rings. The number of anilines is 3. The van der Waals surface area contributed by atoms with Gasteiger partial charge in [-0.15, -0.1) is 5.10 Å². The Hall–Kier alpha value is -4.15. The number of ether oxygens (including phenoxy) is 2. The van der Waals surface area contributed by atoms with Crippen LogP contribution in [0.25, 0.3) is 0 Å². The van der Waals surface area contributed by atoms with Crippen LogP contribution in [0.1, 0.15) is 12.7 Å². The summed E-state index contributed by atoms with van der Waals surface area (Å²) in [5.41, 5.74) is 0. The highest BCUT2D eigenvalue weighted by atomic mass is 16.5. The van der Waals surface area contributed by atoms with E-state index in [4.69, 9.17) is 13.9 Å². The Kier molecular flexibility index (Phi) is 5.46. The normalized spacial score (nSPS) is 10.5. The lowest BCUT2D eigenvalue weighted by Crippen LogP contribution is -2.09.